The van der Waals surface area contributed by atoms with E-state index in [2.05, 4.69) is 20.9 Å². The standard InChI is InChI=1S/C23H24N6O2/c1-13(2)29-22-18(12-25-29)17(10-20(26-22)14-7-8-14)23(31)28-27-21(30)9-15-11-24-19-6-4-3-5-16(15)19/h3-6,10-14,24H,7-9H2,1-2H3,(H,27,30)(H,28,31). The van der Waals surface area contributed by atoms with Gasteiger partial charge in [0.15, 0.2) is 5.65 Å². The van der Waals surface area contributed by atoms with Crippen molar-refractivity contribution in [1.82, 2.24) is 30.6 Å². The van der Waals surface area contributed by atoms with E-state index in [9.17, 15) is 9.59 Å². The van der Waals surface area contributed by atoms with Crippen molar-refractivity contribution in [2.75, 3.05) is 0 Å². The number of benzene rings is 1. The van der Waals surface area contributed by atoms with Crippen molar-refractivity contribution in [2.24, 2.45) is 0 Å². The zero-order chi connectivity index (χ0) is 21.5. The Kier molecular flexibility index (Phi) is 4.69. The van der Waals surface area contributed by atoms with Gasteiger partial charge in [-0.05, 0) is 44.4 Å². The molecule has 3 N–H and O–H groups in total. The van der Waals surface area contributed by atoms with Gasteiger partial charge in [-0.1, -0.05) is 18.2 Å². The summed E-state index contributed by atoms with van der Waals surface area (Å²) in [5.74, 6) is -0.267. The van der Waals surface area contributed by atoms with Crippen LogP contribution in [0.3, 0.4) is 0 Å². The SMILES string of the molecule is CC(C)n1ncc2c(C(=O)NNC(=O)Cc3c[nH]c4ccccc34)cc(C3CC3)nc21. The minimum Gasteiger partial charge on any atom is -0.361 e. The summed E-state index contributed by atoms with van der Waals surface area (Å²) in [5.41, 5.74) is 9.05. The van der Waals surface area contributed by atoms with Gasteiger partial charge in [-0.15, -0.1) is 0 Å². The van der Waals surface area contributed by atoms with Crippen molar-refractivity contribution in [1.29, 1.82) is 0 Å². The Balaban J connectivity index is 1.34. The fourth-order valence-corrected chi connectivity index (χ4v) is 3.88. The first-order valence-corrected chi connectivity index (χ1v) is 10.5. The number of nitrogens with one attached hydrogen (secondary N) is 3. The van der Waals surface area contributed by atoms with Gasteiger partial charge in [-0.25, -0.2) is 9.67 Å². The maximum absolute atomic E-state index is 13.0. The van der Waals surface area contributed by atoms with Gasteiger partial charge in [0.1, 0.15) is 0 Å². The number of H-pyrrole nitrogens is 1. The molecule has 1 saturated carbocycles. The normalized spacial score (nSPS) is 13.8. The van der Waals surface area contributed by atoms with Crippen molar-refractivity contribution >= 4 is 33.8 Å². The van der Waals surface area contributed by atoms with E-state index >= 15 is 0 Å². The number of fused-ring (bicyclic) bond motifs is 2. The predicted octanol–water partition coefficient (Wildman–Crippen LogP) is 3.37. The van der Waals surface area contributed by atoms with Gasteiger partial charge in [0.25, 0.3) is 5.91 Å². The molecule has 0 bridgehead atoms. The second-order valence-electron chi connectivity index (χ2n) is 8.33. The van der Waals surface area contributed by atoms with Gasteiger partial charge in [0, 0.05) is 34.8 Å². The van der Waals surface area contributed by atoms with E-state index in [1.54, 1.807) is 6.20 Å². The molecule has 8 nitrogen and oxygen atoms in total. The van der Waals surface area contributed by atoms with Crippen LogP contribution in [0.1, 0.15) is 60.3 Å². The summed E-state index contributed by atoms with van der Waals surface area (Å²) in [6.07, 6.45) is 5.81. The number of carbonyl (C=O) groups excluding carboxylic acids is 2. The Bertz CT molecular complexity index is 1300. The number of carbonyl (C=O) groups is 2. The molecule has 0 saturated heterocycles. The molecule has 0 radical (unpaired) electrons. The molecule has 0 spiro atoms. The number of rotatable bonds is 5. The number of hydrazine groups is 1. The third-order valence-corrected chi connectivity index (χ3v) is 5.66. The highest BCUT2D eigenvalue weighted by molar-refractivity contribution is 6.06. The highest BCUT2D eigenvalue weighted by atomic mass is 16.2. The maximum Gasteiger partial charge on any atom is 0.270 e. The smallest absolute Gasteiger partial charge is 0.270 e. The predicted molar refractivity (Wildman–Crippen MR) is 117 cm³/mol. The summed E-state index contributed by atoms with van der Waals surface area (Å²) < 4.78 is 1.83. The molecule has 1 aliphatic rings. The quantitative estimate of drug-likeness (QED) is 0.434. The van der Waals surface area contributed by atoms with E-state index in [1.165, 1.54) is 0 Å². The number of amides is 2. The van der Waals surface area contributed by atoms with Crippen LogP contribution < -0.4 is 10.9 Å². The molecular weight excluding hydrogens is 392 g/mol. The van der Waals surface area contributed by atoms with E-state index in [0.29, 0.717) is 22.5 Å². The zero-order valence-electron chi connectivity index (χ0n) is 17.5. The molecule has 158 valence electrons. The highest BCUT2D eigenvalue weighted by Crippen LogP contribution is 2.40. The van der Waals surface area contributed by atoms with Crippen molar-refractivity contribution in [3.8, 4) is 0 Å². The van der Waals surface area contributed by atoms with Gasteiger partial charge in [-0.3, -0.25) is 20.4 Å². The molecule has 8 heteroatoms. The number of hydrogen-bond acceptors (Lipinski definition) is 4. The van der Waals surface area contributed by atoms with Gasteiger partial charge in [-0.2, -0.15) is 5.10 Å². The summed E-state index contributed by atoms with van der Waals surface area (Å²) in [7, 11) is 0. The Morgan fingerprint density at radius 2 is 2.00 bits per heavy atom. The van der Waals surface area contributed by atoms with E-state index in [-0.39, 0.29) is 24.3 Å². The molecule has 1 aliphatic carbocycles. The Morgan fingerprint density at radius 1 is 1.19 bits per heavy atom. The Hall–Kier alpha value is -3.68. The lowest BCUT2D eigenvalue weighted by atomic mass is 10.1. The first kappa shape index (κ1) is 19.3. The number of pyridine rings is 1. The molecule has 2 amide bonds. The monoisotopic (exact) mass is 416 g/mol. The van der Waals surface area contributed by atoms with E-state index in [0.717, 1.165) is 35.0 Å². The zero-order valence-corrected chi connectivity index (χ0v) is 17.5. The number of hydrogen-bond donors (Lipinski definition) is 3. The van der Waals surface area contributed by atoms with Crippen LogP contribution in [0.4, 0.5) is 0 Å². The third-order valence-electron chi connectivity index (χ3n) is 5.66. The maximum atomic E-state index is 13.0. The number of nitrogens with zero attached hydrogens (tertiary/aromatic N) is 3. The summed E-state index contributed by atoms with van der Waals surface area (Å²) >= 11 is 0. The van der Waals surface area contributed by atoms with Crippen LogP contribution in [0.25, 0.3) is 21.9 Å². The molecule has 3 heterocycles. The first-order chi connectivity index (χ1) is 15.0. The van der Waals surface area contributed by atoms with Crippen molar-refractivity contribution in [3.05, 3.63) is 59.5 Å². The first-order valence-electron chi connectivity index (χ1n) is 10.5. The van der Waals surface area contributed by atoms with E-state index < -0.39 is 0 Å². The van der Waals surface area contributed by atoms with Crippen LogP contribution >= 0.6 is 0 Å². The van der Waals surface area contributed by atoms with Gasteiger partial charge >= 0.3 is 0 Å². The second-order valence-corrected chi connectivity index (χ2v) is 8.33. The minimum atomic E-state index is -0.370. The van der Waals surface area contributed by atoms with E-state index in [4.69, 9.17) is 4.98 Å². The van der Waals surface area contributed by atoms with Crippen LogP contribution in [0.5, 0.6) is 0 Å². The molecule has 1 fully saturated rings. The van der Waals surface area contributed by atoms with Gasteiger partial charge in [0.2, 0.25) is 5.91 Å². The van der Waals surface area contributed by atoms with Crippen LogP contribution in [0.15, 0.2) is 42.7 Å². The van der Waals surface area contributed by atoms with Crippen LogP contribution in [-0.4, -0.2) is 31.6 Å². The molecule has 4 aromatic rings. The average Bonchev–Trinajstić information content (AvgIpc) is 3.41. The summed E-state index contributed by atoms with van der Waals surface area (Å²) in [6.45, 7) is 4.06. The number of aromatic nitrogens is 4. The summed E-state index contributed by atoms with van der Waals surface area (Å²) in [6, 6.07) is 9.76. The van der Waals surface area contributed by atoms with E-state index in [1.807, 2.05) is 55.1 Å². The highest BCUT2D eigenvalue weighted by Gasteiger charge is 2.28. The Morgan fingerprint density at radius 3 is 2.77 bits per heavy atom. The topological polar surface area (TPSA) is 105 Å². The molecule has 31 heavy (non-hydrogen) atoms. The second kappa shape index (κ2) is 7.54. The van der Waals surface area contributed by atoms with Crippen molar-refractivity contribution in [3.63, 3.8) is 0 Å². The van der Waals surface area contributed by atoms with Crippen LogP contribution in [-0.2, 0) is 11.2 Å². The average molecular weight is 416 g/mol. The third kappa shape index (κ3) is 3.65. The molecule has 0 unspecified atom stereocenters. The molecule has 0 aliphatic heterocycles. The van der Waals surface area contributed by atoms with Gasteiger partial charge < -0.3 is 4.98 Å². The lowest BCUT2D eigenvalue weighted by Gasteiger charge is -2.11. The largest absolute Gasteiger partial charge is 0.361 e. The molecule has 5 rings (SSSR count). The van der Waals surface area contributed by atoms with Crippen LogP contribution in [0.2, 0.25) is 0 Å². The van der Waals surface area contributed by atoms with Crippen LogP contribution in [0, 0.1) is 0 Å². The summed E-state index contributed by atoms with van der Waals surface area (Å²) in [4.78, 5) is 33.3. The number of para-hydroxylation sites is 1. The fourth-order valence-electron chi connectivity index (χ4n) is 3.88. The lowest BCUT2D eigenvalue weighted by Crippen LogP contribution is -2.42. The van der Waals surface area contributed by atoms with Crippen molar-refractivity contribution in [2.45, 2.75) is 45.1 Å². The Labute approximate surface area is 179 Å². The lowest BCUT2D eigenvalue weighted by molar-refractivity contribution is -0.121. The minimum absolute atomic E-state index is 0.131. The molecule has 3 aromatic heterocycles. The molecule has 1 aromatic carbocycles. The molecular formula is C23H24N6O2. The van der Waals surface area contributed by atoms with Gasteiger partial charge in [0.05, 0.1) is 23.6 Å². The molecule has 0 atom stereocenters. The summed E-state index contributed by atoms with van der Waals surface area (Å²) in [5, 5.41) is 6.09. The fraction of sp³-hybridized carbons (Fsp3) is 0.304. The number of aromatic amines is 1. The van der Waals surface area contributed by atoms with Crippen molar-refractivity contribution < 1.29 is 9.59 Å².